The molecule has 0 bridgehead atoms. The fourth-order valence-corrected chi connectivity index (χ4v) is 3.69. The van der Waals surface area contributed by atoms with Crippen LogP contribution in [0.4, 0.5) is 0 Å². The highest BCUT2D eigenvalue weighted by atomic mass is 16.3. The average Bonchev–Trinajstić information content (AvgIpc) is 3.24. The van der Waals surface area contributed by atoms with Crippen molar-refractivity contribution in [1.82, 2.24) is 20.1 Å². The number of pyridine rings is 1. The van der Waals surface area contributed by atoms with Gasteiger partial charge in [0.1, 0.15) is 0 Å². The number of nitrogens with zero attached hydrogens (tertiary/aromatic N) is 3. The number of aliphatic hydroxyl groups excluding tert-OH is 1. The summed E-state index contributed by atoms with van der Waals surface area (Å²) in [5.74, 6) is 0.00835. The Hall–Kier alpha value is -2.21. The molecule has 1 saturated heterocycles. The molecule has 120 valence electrons. The van der Waals surface area contributed by atoms with Gasteiger partial charge in [0.15, 0.2) is 5.69 Å². The normalized spacial score (nSPS) is 23.3. The highest BCUT2D eigenvalue weighted by Gasteiger charge is 2.36. The Morgan fingerprint density at radius 3 is 2.96 bits per heavy atom. The van der Waals surface area contributed by atoms with Gasteiger partial charge >= 0.3 is 0 Å². The van der Waals surface area contributed by atoms with Crippen molar-refractivity contribution in [3.8, 4) is 0 Å². The van der Waals surface area contributed by atoms with Gasteiger partial charge < -0.3 is 10.0 Å². The van der Waals surface area contributed by atoms with Crippen LogP contribution < -0.4 is 0 Å². The predicted octanol–water partition coefficient (Wildman–Crippen LogP) is 0.969. The van der Waals surface area contributed by atoms with Gasteiger partial charge in [-0.2, -0.15) is 5.10 Å². The van der Waals surface area contributed by atoms with E-state index in [0.717, 1.165) is 42.5 Å². The molecule has 2 atom stereocenters. The molecule has 3 heterocycles. The van der Waals surface area contributed by atoms with Crippen molar-refractivity contribution in [2.45, 2.75) is 31.8 Å². The van der Waals surface area contributed by atoms with Crippen LogP contribution in [0, 0.1) is 5.92 Å². The minimum Gasteiger partial charge on any atom is -0.391 e. The highest BCUT2D eigenvalue weighted by molar-refractivity contribution is 5.94. The third kappa shape index (κ3) is 2.63. The van der Waals surface area contributed by atoms with Gasteiger partial charge in [-0.05, 0) is 43.4 Å². The SMILES string of the molecule is O=C(c1n[nH]c2c1CCC2)N1C[C@@H](Cc2ccncc2)[C@H](O)C1. The molecule has 0 unspecified atom stereocenters. The minimum absolute atomic E-state index is 0.0549. The van der Waals surface area contributed by atoms with Gasteiger partial charge in [-0.15, -0.1) is 0 Å². The summed E-state index contributed by atoms with van der Waals surface area (Å²) in [7, 11) is 0. The summed E-state index contributed by atoms with van der Waals surface area (Å²) in [6, 6.07) is 3.91. The molecule has 0 saturated carbocycles. The van der Waals surface area contributed by atoms with Crippen molar-refractivity contribution in [3.63, 3.8) is 0 Å². The molecule has 1 fully saturated rings. The fourth-order valence-electron chi connectivity index (χ4n) is 3.69. The maximum Gasteiger partial charge on any atom is 0.274 e. The lowest BCUT2D eigenvalue weighted by molar-refractivity contribution is 0.0758. The number of likely N-dealkylation sites (tertiary alicyclic amines) is 1. The topological polar surface area (TPSA) is 82.1 Å². The zero-order valence-electron chi connectivity index (χ0n) is 12.9. The number of rotatable bonds is 3. The number of hydrogen-bond acceptors (Lipinski definition) is 4. The second-order valence-corrected chi connectivity index (χ2v) is 6.48. The van der Waals surface area contributed by atoms with E-state index >= 15 is 0 Å². The number of β-amino-alcohol motifs (C(OH)–C–C–N with tert-alkyl or cyclic N) is 1. The zero-order chi connectivity index (χ0) is 15.8. The van der Waals surface area contributed by atoms with E-state index in [4.69, 9.17) is 0 Å². The second kappa shape index (κ2) is 5.77. The molecular formula is C17H20N4O2. The van der Waals surface area contributed by atoms with Gasteiger partial charge in [0.05, 0.1) is 6.10 Å². The van der Waals surface area contributed by atoms with Crippen LogP contribution in [0.1, 0.15) is 33.7 Å². The Balaban J connectivity index is 1.47. The standard InChI is InChI=1S/C17H20N4O2/c22-15-10-21(9-12(15)8-11-4-6-18-7-5-11)17(23)16-13-2-1-3-14(13)19-20-16/h4-7,12,15,22H,1-3,8-10H2,(H,19,20)/t12-,15-/m1/s1. The number of aromatic nitrogens is 3. The van der Waals surface area contributed by atoms with Crippen molar-refractivity contribution in [3.05, 3.63) is 47.0 Å². The lowest BCUT2D eigenvalue weighted by Gasteiger charge is -2.15. The summed E-state index contributed by atoms with van der Waals surface area (Å²) >= 11 is 0. The summed E-state index contributed by atoms with van der Waals surface area (Å²) in [5.41, 5.74) is 3.86. The van der Waals surface area contributed by atoms with E-state index < -0.39 is 6.10 Å². The van der Waals surface area contributed by atoms with E-state index in [9.17, 15) is 9.90 Å². The molecule has 23 heavy (non-hydrogen) atoms. The van der Waals surface area contributed by atoms with Crippen LogP contribution in [0.15, 0.2) is 24.5 Å². The molecule has 2 N–H and O–H groups in total. The molecule has 0 radical (unpaired) electrons. The monoisotopic (exact) mass is 312 g/mol. The van der Waals surface area contributed by atoms with Crippen LogP contribution in [0.5, 0.6) is 0 Å². The van der Waals surface area contributed by atoms with Gasteiger partial charge in [0, 0.05) is 42.7 Å². The summed E-state index contributed by atoms with van der Waals surface area (Å²) in [6.07, 6.45) is 6.76. The third-order valence-electron chi connectivity index (χ3n) is 4.95. The second-order valence-electron chi connectivity index (χ2n) is 6.48. The van der Waals surface area contributed by atoms with Crippen molar-refractivity contribution in [1.29, 1.82) is 0 Å². The molecule has 0 aromatic carbocycles. The Bertz CT molecular complexity index is 713. The van der Waals surface area contributed by atoms with E-state index in [2.05, 4.69) is 15.2 Å². The maximum absolute atomic E-state index is 12.7. The third-order valence-corrected chi connectivity index (χ3v) is 4.95. The van der Waals surface area contributed by atoms with E-state index in [1.54, 1.807) is 17.3 Å². The number of fused-ring (bicyclic) bond motifs is 1. The van der Waals surface area contributed by atoms with Crippen LogP contribution in [-0.4, -0.2) is 50.3 Å². The lowest BCUT2D eigenvalue weighted by Crippen LogP contribution is -2.30. The molecular weight excluding hydrogens is 292 g/mol. The summed E-state index contributed by atoms with van der Waals surface area (Å²) in [5, 5.41) is 17.5. The number of amides is 1. The molecule has 2 aromatic rings. The number of nitrogens with one attached hydrogen (secondary N) is 1. The first-order chi connectivity index (χ1) is 11.2. The van der Waals surface area contributed by atoms with E-state index in [0.29, 0.717) is 18.8 Å². The predicted molar refractivity (Wildman–Crippen MR) is 84.0 cm³/mol. The number of carbonyl (C=O) groups is 1. The first kappa shape index (κ1) is 14.4. The first-order valence-corrected chi connectivity index (χ1v) is 8.14. The lowest BCUT2D eigenvalue weighted by atomic mass is 9.97. The summed E-state index contributed by atoms with van der Waals surface area (Å²) in [4.78, 5) is 18.5. The van der Waals surface area contributed by atoms with Gasteiger partial charge in [-0.25, -0.2) is 0 Å². The Labute approximate surface area is 134 Å². The van der Waals surface area contributed by atoms with E-state index in [1.807, 2.05) is 12.1 Å². The molecule has 1 aliphatic carbocycles. The Morgan fingerprint density at radius 1 is 1.30 bits per heavy atom. The van der Waals surface area contributed by atoms with Crippen molar-refractivity contribution in [2.24, 2.45) is 5.92 Å². The quantitative estimate of drug-likeness (QED) is 0.885. The number of carbonyl (C=O) groups excluding carboxylic acids is 1. The number of H-pyrrole nitrogens is 1. The zero-order valence-corrected chi connectivity index (χ0v) is 12.9. The van der Waals surface area contributed by atoms with Crippen molar-refractivity contribution in [2.75, 3.05) is 13.1 Å². The van der Waals surface area contributed by atoms with Gasteiger partial charge in [-0.1, -0.05) is 0 Å². The first-order valence-electron chi connectivity index (χ1n) is 8.14. The number of aliphatic hydroxyl groups is 1. The van der Waals surface area contributed by atoms with Crippen molar-refractivity contribution < 1.29 is 9.90 Å². The van der Waals surface area contributed by atoms with Crippen molar-refractivity contribution >= 4 is 5.91 Å². The van der Waals surface area contributed by atoms with Crippen LogP contribution in [-0.2, 0) is 19.3 Å². The fraction of sp³-hybridized carbons (Fsp3) is 0.471. The summed E-state index contributed by atoms with van der Waals surface area (Å²) < 4.78 is 0. The molecule has 0 spiro atoms. The maximum atomic E-state index is 12.7. The highest BCUT2D eigenvalue weighted by Crippen LogP contribution is 2.27. The van der Waals surface area contributed by atoms with E-state index in [1.165, 1.54) is 0 Å². The molecule has 4 rings (SSSR count). The van der Waals surface area contributed by atoms with Crippen LogP contribution >= 0.6 is 0 Å². The molecule has 2 aliphatic rings. The molecule has 6 heteroatoms. The molecule has 1 aliphatic heterocycles. The number of aromatic amines is 1. The average molecular weight is 312 g/mol. The van der Waals surface area contributed by atoms with Crippen LogP contribution in [0.3, 0.4) is 0 Å². The van der Waals surface area contributed by atoms with Gasteiger partial charge in [-0.3, -0.25) is 14.9 Å². The van der Waals surface area contributed by atoms with Gasteiger partial charge in [0.25, 0.3) is 5.91 Å². The largest absolute Gasteiger partial charge is 0.391 e. The molecule has 1 amide bonds. The van der Waals surface area contributed by atoms with Crippen LogP contribution in [0.25, 0.3) is 0 Å². The Kier molecular flexibility index (Phi) is 3.61. The minimum atomic E-state index is -0.487. The summed E-state index contributed by atoms with van der Waals surface area (Å²) in [6.45, 7) is 0.959. The van der Waals surface area contributed by atoms with Crippen LogP contribution in [0.2, 0.25) is 0 Å². The smallest absolute Gasteiger partial charge is 0.274 e. The molecule has 6 nitrogen and oxygen atoms in total. The van der Waals surface area contributed by atoms with Gasteiger partial charge in [0.2, 0.25) is 0 Å². The van der Waals surface area contributed by atoms with E-state index in [-0.39, 0.29) is 11.8 Å². The number of aryl methyl sites for hydroxylation is 1. The number of hydrogen-bond donors (Lipinski definition) is 2. The Morgan fingerprint density at radius 2 is 2.13 bits per heavy atom. The molecule has 2 aromatic heterocycles.